The first kappa shape index (κ1) is 26.8. The summed E-state index contributed by atoms with van der Waals surface area (Å²) in [6.45, 7) is 10.1. The van der Waals surface area contributed by atoms with Gasteiger partial charge in [0.25, 0.3) is 0 Å². The molecule has 2 heterocycles. The van der Waals surface area contributed by atoms with Crippen LogP contribution in [-0.2, 0) is 22.5 Å². The number of hydrogen-bond acceptors (Lipinski definition) is 8. The van der Waals surface area contributed by atoms with E-state index in [9.17, 15) is 9.59 Å². The predicted octanol–water partition coefficient (Wildman–Crippen LogP) is 5.79. The van der Waals surface area contributed by atoms with Crippen LogP contribution in [0.3, 0.4) is 0 Å². The Bertz CT molecular complexity index is 1190. The normalized spacial score (nSPS) is 11.7. The van der Waals surface area contributed by atoms with Gasteiger partial charge in [-0.05, 0) is 38.5 Å². The fraction of sp³-hybridized carbons (Fsp3) is 0.333. The zero-order valence-corrected chi connectivity index (χ0v) is 22.1. The van der Waals surface area contributed by atoms with Crippen molar-refractivity contribution in [2.75, 3.05) is 17.7 Å². The summed E-state index contributed by atoms with van der Waals surface area (Å²) in [5, 5.41) is 12.9. The Labute approximate surface area is 217 Å². The number of allylic oxidation sites excluding steroid dienone is 1. The molecule has 0 saturated carbocycles. The first-order valence-corrected chi connectivity index (χ1v) is 13.2. The molecule has 0 radical (unpaired) electrons. The molecule has 0 aliphatic rings. The van der Waals surface area contributed by atoms with E-state index in [0.717, 1.165) is 11.3 Å². The molecule has 0 aliphatic carbocycles. The zero-order valence-electron chi connectivity index (χ0n) is 19.7. The van der Waals surface area contributed by atoms with Crippen molar-refractivity contribution < 1.29 is 19.1 Å². The van der Waals surface area contributed by atoms with Crippen LogP contribution in [0.5, 0.6) is 5.75 Å². The second kappa shape index (κ2) is 12.8. The summed E-state index contributed by atoms with van der Waals surface area (Å²) in [6, 6.07) is 8.97. The standard InChI is InChI=1S/C24H27ClN4O4S2/c1-5-12-29-21(15(4)33-19-11-9-8-10-18(19)25)27-28-24(29)34-14-20(30)26-22-17(23(31)32-7-3)13-16(6-2)35-22/h5,8-11,13,15H,1,6-7,12,14H2,2-4H3,(H,26,30). The van der Waals surface area contributed by atoms with Gasteiger partial charge < -0.3 is 14.8 Å². The number of amides is 1. The number of benzene rings is 1. The van der Waals surface area contributed by atoms with Crippen molar-refractivity contribution in [3.05, 3.63) is 64.3 Å². The van der Waals surface area contributed by atoms with Crippen molar-refractivity contribution >= 4 is 51.6 Å². The third kappa shape index (κ3) is 6.87. The Morgan fingerprint density at radius 1 is 1.31 bits per heavy atom. The number of thioether (sulfide) groups is 1. The summed E-state index contributed by atoms with van der Waals surface area (Å²) in [4.78, 5) is 26.0. The number of nitrogens with zero attached hydrogens (tertiary/aromatic N) is 3. The number of aromatic nitrogens is 3. The Kier molecular flexibility index (Phi) is 9.76. The molecule has 1 aromatic carbocycles. The Morgan fingerprint density at radius 2 is 2.09 bits per heavy atom. The van der Waals surface area contributed by atoms with E-state index in [1.165, 1.54) is 23.1 Å². The van der Waals surface area contributed by atoms with E-state index in [1.54, 1.807) is 31.2 Å². The summed E-state index contributed by atoms with van der Waals surface area (Å²) < 4.78 is 12.9. The summed E-state index contributed by atoms with van der Waals surface area (Å²) in [7, 11) is 0. The second-order valence-corrected chi connectivity index (χ2v) is 9.78. The number of anilines is 1. The molecule has 0 aliphatic heterocycles. The molecule has 1 N–H and O–H groups in total. The van der Waals surface area contributed by atoms with E-state index in [-0.39, 0.29) is 18.3 Å². The molecule has 186 valence electrons. The average Bonchev–Trinajstić information content (AvgIpc) is 3.43. The zero-order chi connectivity index (χ0) is 25.4. The molecule has 0 saturated heterocycles. The molecule has 11 heteroatoms. The van der Waals surface area contributed by atoms with Gasteiger partial charge in [0.15, 0.2) is 17.1 Å². The highest BCUT2D eigenvalue weighted by molar-refractivity contribution is 7.99. The smallest absolute Gasteiger partial charge is 0.341 e. The molecule has 1 amide bonds. The maximum Gasteiger partial charge on any atom is 0.341 e. The van der Waals surface area contributed by atoms with E-state index < -0.39 is 12.1 Å². The van der Waals surface area contributed by atoms with Crippen molar-refractivity contribution in [2.45, 2.75) is 45.0 Å². The Hall–Kier alpha value is -2.82. The van der Waals surface area contributed by atoms with E-state index in [2.05, 4.69) is 22.1 Å². The third-order valence-corrected chi connectivity index (χ3v) is 7.25. The first-order chi connectivity index (χ1) is 16.9. The van der Waals surface area contributed by atoms with Gasteiger partial charge in [0, 0.05) is 11.4 Å². The molecular formula is C24H27ClN4O4S2. The average molecular weight is 535 g/mol. The van der Waals surface area contributed by atoms with Crippen LogP contribution < -0.4 is 10.1 Å². The molecule has 1 unspecified atom stereocenters. The molecule has 0 bridgehead atoms. The lowest BCUT2D eigenvalue weighted by Gasteiger charge is -2.16. The largest absolute Gasteiger partial charge is 0.481 e. The number of thiophene rings is 1. The van der Waals surface area contributed by atoms with Gasteiger partial charge in [-0.15, -0.1) is 28.1 Å². The van der Waals surface area contributed by atoms with Crippen LogP contribution in [0, 0.1) is 0 Å². The number of halogens is 1. The lowest BCUT2D eigenvalue weighted by atomic mass is 10.2. The molecule has 0 fully saturated rings. The van der Waals surface area contributed by atoms with E-state index in [0.29, 0.717) is 38.9 Å². The fourth-order valence-electron chi connectivity index (χ4n) is 3.15. The summed E-state index contributed by atoms with van der Waals surface area (Å²) in [5.74, 6) is 0.497. The van der Waals surface area contributed by atoms with Gasteiger partial charge in [-0.1, -0.05) is 48.5 Å². The maximum absolute atomic E-state index is 12.7. The fourth-order valence-corrected chi connectivity index (χ4v) is 5.09. The molecule has 3 rings (SSSR count). The number of hydrogen-bond donors (Lipinski definition) is 1. The molecule has 3 aromatic rings. The first-order valence-electron chi connectivity index (χ1n) is 11.1. The number of carbonyl (C=O) groups excluding carboxylic acids is 2. The third-order valence-electron chi connectivity index (χ3n) is 4.77. The topological polar surface area (TPSA) is 95.3 Å². The van der Waals surface area contributed by atoms with E-state index in [1.807, 2.05) is 30.5 Å². The SMILES string of the molecule is C=CCn1c(SCC(=O)Nc2sc(CC)cc2C(=O)OCC)nnc1C(C)Oc1ccccc1Cl. The summed E-state index contributed by atoms with van der Waals surface area (Å²) in [5.41, 5.74) is 0.370. The van der Waals surface area contributed by atoms with Crippen LogP contribution in [0.25, 0.3) is 0 Å². The monoisotopic (exact) mass is 534 g/mol. The van der Waals surface area contributed by atoms with Crippen LogP contribution >= 0.6 is 34.7 Å². The molecule has 2 aromatic heterocycles. The minimum Gasteiger partial charge on any atom is -0.481 e. The van der Waals surface area contributed by atoms with Crippen molar-refractivity contribution in [1.82, 2.24) is 14.8 Å². The summed E-state index contributed by atoms with van der Waals surface area (Å²) in [6.07, 6.45) is 2.04. The van der Waals surface area contributed by atoms with Crippen molar-refractivity contribution in [1.29, 1.82) is 0 Å². The number of para-hydroxylation sites is 1. The highest BCUT2D eigenvalue weighted by atomic mass is 35.5. The van der Waals surface area contributed by atoms with Gasteiger partial charge in [-0.2, -0.15) is 0 Å². The van der Waals surface area contributed by atoms with Crippen LogP contribution in [0.1, 0.15) is 47.9 Å². The van der Waals surface area contributed by atoms with Gasteiger partial charge in [-0.3, -0.25) is 9.36 Å². The number of esters is 1. The quantitative estimate of drug-likeness (QED) is 0.178. The minimum absolute atomic E-state index is 0.0800. The number of nitrogens with one attached hydrogen (secondary N) is 1. The van der Waals surface area contributed by atoms with Gasteiger partial charge in [0.2, 0.25) is 5.91 Å². The highest BCUT2D eigenvalue weighted by Gasteiger charge is 2.22. The number of ether oxygens (including phenoxy) is 2. The number of carbonyl (C=O) groups is 2. The number of aryl methyl sites for hydroxylation is 1. The predicted molar refractivity (Wildman–Crippen MR) is 140 cm³/mol. The van der Waals surface area contributed by atoms with E-state index in [4.69, 9.17) is 21.1 Å². The Morgan fingerprint density at radius 3 is 2.77 bits per heavy atom. The molecular weight excluding hydrogens is 508 g/mol. The van der Waals surface area contributed by atoms with Gasteiger partial charge in [0.1, 0.15) is 10.8 Å². The highest BCUT2D eigenvalue weighted by Crippen LogP contribution is 2.31. The maximum atomic E-state index is 12.7. The molecule has 35 heavy (non-hydrogen) atoms. The molecule has 8 nitrogen and oxygen atoms in total. The number of rotatable bonds is 12. The van der Waals surface area contributed by atoms with Crippen LogP contribution in [0.15, 0.2) is 48.1 Å². The molecule has 0 spiro atoms. The van der Waals surface area contributed by atoms with Crippen molar-refractivity contribution in [3.63, 3.8) is 0 Å². The van der Waals surface area contributed by atoms with Gasteiger partial charge in [0.05, 0.1) is 22.9 Å². The van der Waals surface area contributed by atoms with Gasteiger partial charge in [-0.25, -0.2) is 4.79 Å². The minimum atomic E-state index is -0.450. The lowest BCUT2D eigenvalue weighted by Crippen LogP contribution is -2.17. The summed E-state index contributed by atoms with van der Waals surface area (Å²) >= 11 is 8.82. The van der Waals surface area contributed by atoms with E-state index >= 15 is 0 Å². The lowest BCUT2D eigenvalue weighted by molar-refractivity contribution is -0.113. The van der Waals surface area contributed by atoms with Gasteiger partial charge >= 0.3 is 5.97 Å². The second-order valence-electron chi connectivity index (χ2n) is 7.30. The van der Waals surface area contributed by atoms with Crippen molar-refractivity contribution in [2.24, 2.45) is 0 Å². The van der Waals surface area contributed by atoms with Crippen LogP contribution in [-0.4, -0.2) is 39.0 Å². The Balaban J connectivity index is 1.70. The van der Waals surface area contributed by atoms with Crippen LogP contribution in [0.4, 0.5) is 5.00 Å². The van der Waals surface area contributed by atoms with Crippen molar-refractivity contribution in [3.8, 4) is 5.75 Å². The van der Waals surface area contributed by atoms with Crippen LogP contribution in [0.2, 0.25) is 5.02 Å². The molecule has 1 atom stereocenters.